The lowest BCUT2D eigenvalue weighted by molar-refractivity contribution is 0.225. The average molecular weight is 494 g/mol. The number of ether oxygens (including phenoxy) is 1. The summed E-state index contributed by atoms with van der Waals surface area (Å²) in [4.78, 5) is 23.9. The van der Waals surface area contributed by atoms with E-state index in [1.165, 1.54) is 34.7 Å². The molecule has 6 heterocycles. The molecule has 1 fully saturated rings. The lowest BCUT2D eigenvalue weighted by Gasteiger charge is -2.30. The number of aromatic nitrogens is 4. The van der Waals surface area contributed by atoms with E-state index in [0.717, 1.165) is 42.8 Å². The number of pyridine rings is 3. The number of aryl methyl sites for hydroxylation is 1. The molecule has 0 saturated carbocycles. The fraction of sp³-hybridized carbons (Fsp3) is 0.370. The molecule has 188 valence electrons. The van der Waals surface area contributed by atoms with Gasteiger partial charge in [-0.1, -0.05) is 13.8 Å². The molecule has 0 N–H and O–H groups in total. The van der Waals surface area contributed by atoms with Crippen molar-refractivity contribution in [3.63, 3.8) is 0 Å². The summed E-state index contributed by atoms with van der Waals surface area (Å²) in [5.41, 5.74) is 3.18. The SMILES string of the molecule is CC.Cn1c2c(c3ccc(-n4ccc(OCc5ncc(F)cc5F)cc4=O)nc31)CN1CCCC1C2. The van der Waals surface area contributed by atoms with E-state index in [0.29, 0.717) is 11.9 Å². The average Bonchev–Trinajstić information content (AvgIpc) is 3.45. The Morgan fingerprint density at radius 1 is 1.17 bits per heavy atom. The topological polar surface area (TPSA) is 65.2 Å². The standard InChI is InChI=1S/C25H23F2N5O2.C2H6/c1-30-22-10-16-3-2-7-31(16)13-19(22)18-4-5-23(29-25(18)30)32-8-6-17(11-24(32)33)34-14-21-20(27)9-15(26)12-28-21;1-2/h4-6,8-9,11-12,16H,2-3,7,10,13-14H2,1H3;1-2H3. The molecular formula is C27H29F2N5O2. The summed E-state index contributed by atoms with van der Waals surface area (Å²) in [6.45, 7) is 5.89. The van der Waals surface area contributed by atoms with Gasteiger partial charge in [0.15, 0.2) is 5.82 Å². The van der Waals surface area contributed by atoms with E-state index in [1.54, 1.807) is 12.3 Å². The third kappa shape index (κ3) is 4.28. The van der Waals surface area contributed by atoms with Crippen LogP contribution in [0.3, 0.4) is 0 Å². The summed E-state index contributed by atoms with van der Waals surface area (Å²) in [6, 6.07) is 8.20. The predicted octanol–water partition coefficient (Wildman–Crippen LogP) is 4.52. The Labute approximate surface area is 208 Å². The molecule has 2 aliphatic heterocycles. The molecule has 7 nitrogen and oxygen atoms in total. The Balaban J connectivity index is 0.00000130. The molecule has 0 aliphatic carbocycles. The van der Waals surface area contributed by atoms with Gasteiger partial charge < -0.3 is 9.30 Å². The molecule has 9 heteroatoms. The Bertz CT molecular complexity index is 1480. The van der Waals surface area contributed by atoms with Gasteiger partial charge in [-0.05, 0) is 43.1 Å². The maximum atomic E-state index is 13.8. The molecule has 1 unspecified atom stereocenters. The first-order chi connectivity index (χ1) is 17.5. The van der Waals surface area contributed by atoms with Crippen molar-refractivity contribution >= 4 is 11.0 Å². The molecule has 1 saturated heterocycles. The van der Waals surface area contributed by atoms with Gasteiger partial charge in [-0.3, -0.25) is 19.2 Å². The molecule has 0 radical (unpaired) electrons. The quantitative estimate of drug-likeness (QED) is 0.418. The van der Waals surface area contributed by atoms with E-state index < -0.39 is 11.6 Å². The van der Waals surface area contributed by atoms with Gasteiger partial charge in [-0.2, -0.15) is 0 Å². The highest BCUT2D eigenvalue weighted by Gasteiger charge is 2.33. The van der Waals surface area contributed by atoms with Crippen molar-refractivity contribution in [2.75, 3.05) is 6.54 Å². The second-order valence-corrected chi connectivity index (χ2v) is 8.94. The molecule has 4 aromatic rings. The van der Waals surface area contributed by atoms with Crippen molar-refractivity contribution in [3.05, 3.63) is 81.7 Å². The van der Waals surface area contributed by atoms with Crippen LogP contribution in [0.5, 0.6) is 5.75 Å². The number of nitrogens with zero attached hydrogens (tertiary/aromatic N) is 5. The van der Waals surface area contributed by atoms with Gasteiger partial charge in [-0.15, -0.1) is 0 Å². The van der Waals surface area contributed by atoms with Crippen LogP contribution in [0.1, 0.15) is 43.6 Å². The molecule has 6 rings (SSSR count). The molecule has 1 atom stereocenters. The fourth-order valence-corrected chi connectivity index (χ4v) is 5.19. The lowest BCUT2D eigenvalue weighted by Crippen LogP contribution is -2.35. The molecule has 2 aliphatic rings. The van der Waals surface area contributed by atoms with Gasteiger partial charge in [0.1, 0.15) is 35.3 Å². The van der Waals surface area contributed by atoms with Crippen molar-refractivity contribution in [2.45, 2.75) is 52.3 Å². The molecule has 36 heavy (non-hydrogen) atoms. The number of hydrogen-bond donors (Lipinski definition) is 0. The Hall–Kier alpha value is -3.59. The zero-order chi connectivity index (χ0) is 25.4. The second kappa shape index (κ2) is 9.81. The van der Waals surface area contributed by atoms with Crippen LogP contribution in [-0.2, 0) is 26.6 Å². The van der Waals surface area contributed by atoms with E-state index in [9.17, 15) is 13.6 Å². The summed E-state index contributed by atoms with van der Waals surface area (Å²) in [6.07, 6.45) is 6.04. The maximum Gasteiger partial charge on any atom is 0.259 e. The highest BCUT2D eigenvalue weighted by atomic mass is 19.1. The summed E-state index contributed by atoms with van der Waals surface area (Å²) >= 11 is 0. The van der Waals surface area contributed by atoms with Crippen molar-refractivity contribution in [1.82, 2.24) is 24.0 Å². The minimum atomic E-state index is -0.795. The first-order valence-corrected chi connectivity index (χ1v) is 12.3. The van der Waals surface area contributed by atoms with Crippen LogP contribution in [-0.4, -0.2) is 36.6 Å². The maximum absolute atomic E-state index is 13.8. The van der Waals surface area contributed by atoms with E-state index in [4.69, 9.17) is 9.72 Å². The van der Waals surface area contributed by atoms with Crippen LogP contribution in [0.25, 0.3) is 16.9 Å². The largest absolute Gasteiger partial charge is 0.487 e. The highest BCUT2D eigenvalue weighted by Crippen LogP contribution is 2.35. The molecule has 0 aromatic carbocycles. The normalized spacial score (nSPS) is 16.9. The third-order valence-corrected chi connectivity index (χ3v) is 6.94. The summed E-state index contributed by atoms with van der Waals surface area (Å²) in [5.74, 6) is -0.763. The Morgan fingerprint density at radius 3 is 2.78 bits per heavy atom. The Morgan fingerprint density at radius 2 is 2.00 bits per heavy atom. The minimum absolute atomic E-state index is 0.0363. The predicted molar refractivity (Wildman–Crippen MR) is 133 cm³/mol. The van der Waals surface area contributed by atoms with Gasteiger partial charge in [-0.25, -0.2) is 13.8 Å². The van der Waals surface area contributed by atoms with Gasteiger partial charge in [0.25, 0.3) is 5.56 Å². The van der Waals surface area contributed by atoms with Crippen molar-refractivity contribution in [2.24, 2.45) is 7.05 Å². The van der Waals surface area contributed by atoms with Crippen LogP contribution in [0.2, 0.25) is 0 Å². The van der Waals surface area contributed by atoms with Crippen molar-refractivity contribution < 1.29 is 13.5 Å². The molecule has 0 amide bonds. The summed E-state index contributed by atoms with van der Waals surface area (Å²) < 4.78 is 35.9. The van der Waals surface area contributed by atoms with Crippen molar-refractivity contribution in [1.29, 1.82) is 0 Å². The van der Waals surface area contributed by atoms with Crippen LogP contribution in [0.4, 0.5) is 8.78 Å². The van der Waals surface area contributed by atoms with Crippen LogP contribution >= 0.6 is 0 Å². The van der Waals surface area contributed by atoms with Gasteiger partial charge in [0, 0.05) is 55.5 Å². The summed E-state index contributed by atoms with van der Waals surface area (Å²) in [7, 11) is 2.05. The van der Waals surface area contributed by atoms with Gasteiger partial charge in [0.2, 0.25) is 0 Å². The fourth-order valence-electron chi connectivity index (χ4n) is 5.19. The second-order valence-electron chi connectivity index (χ2n) is 8.94. The molecule has 0 spiro atoms. The van der Waals surface area contributed by atoms with E-state index >= 15 is 0 Å². The number of rotatable bonds is 4. The van der Waals surface area contributed by atoms with E-state index in [-0.39, 0.29) is 23.6 Å². The van der Waals surface area contributed by atoms with E-state index in [1.807, 2.05) is 33.0 Å². The first-order valence-electron chi connectivity index (χ1n) is 12.3. The van der Waals surface area contributed by atoms with Crippen molar-refractivity contribution in [3.8, 4) is 11.6 Å². The molecule has 4 aromatic heterocycles. The summed E-state index contributed by atoms with van der Waals surface area (Å²) in [5, 5.41) is 1.13. The zero-order valence-electron chi connectivity index (χ0n) is 20.7. The zero-order valence-corrected chi connectivity index (χ0v) is 20.7. The van der Waals surface area contributed by atoms with Crippen LogP contribution in [0.15, 0.2) is 47.5 Å². The molecular weight excluding hydrogens is 464 g/mol. The van der Waals surface area contributed by atoms with Gasteiger partial charge >= 0.3 is 0 Å². The van der Waals surface area contributed by atoms with Crippen LogP contribution in [0, 0.1) is 11.6 Å². The minimum Gasteiger partial charge on any atom is -0.487 e. The number of hydrogen-bond acceptors (Lipinski definition) is 5. The Kier molecular flexibility index (Phi) is 6.57. The number of halogens is 2. The number of fused-ring (bicyclic) bond motifs is 4. The highest BCUT2D eigenvalue weighted by molar-refractivity contribution is 5.83. The monoisotopic (exact) mass is 493 g/mol. The third-order valence-electron chi connectivity index (χ3n) is 6.94. The van der Waals surface area contributed by atoms with E-state index in [2.05, 4.69) is 14.5 Å². The van der Waals surface area contributed by atoms with Crippen LogP contribution < -0.4 is 10.3 Å². The smallest absolute Gasteiger partial charge is 0.259 e. The lowest BCUT2D eigenvalue weighted by atomic mass is 9.99. The molecule has 0 bridgehead atoms. The first kappa shape index (κ1) is 24.1. The van der Waals surface area contributed by atoms with Gasteiger partial charge in [0.05, 0.1) is 6.20 Å².